The first-order valence-corrected chi connectivity index (χ1v) is 4.77. The van der Waals surface area contributed by atoms with Crippen LogP contribution in [0.4, 0.5) is 5.69 Å². The van der Waals surface area contributed by atoms with Gasteiger partial charge in [-0.15, -0.1) is 0 Å². The van der Waals surface area contributed by atoms with Crippen LogP contribution in [0.25, 0.3) is 0 Å². The molecule has 0 aliphatic carbocycles. The molecule has 0 saturated carbocycles. The molecule has 1 aromatic carbocycles. The number of amides is 1. The standard InChI is InChI=1S/C11H11NO3/c13-10(14)6-8-5-7-3-1-2-4-9(7)12-11(8)15/h1-4,8H,5-6H2,(H,12,15)(H,13,14)/t8-/m1/s1. The van der Waals surface area contributed by atoms with Gasteiger partial charge >= 0.3 is 5.97 Å². The number of carbonyl (C=O) groups is 2. The molecule has 1 aromatic rings. The lowest BCUT2D eigenvalue weighted by Crippen LogP contribution is -2.31. The van der Waals surface area contributed by atoms with Gasteiger partial charge < -0.3 is 10.4 Å². The summed E-state index contributed by atoms with van der Waals surface area (Å²) >= 11 is 0. The SMILES string of the molecule is O=C(O)C[C@H]1Cc2ccccc2NC1=O. The van der Waals surface area contributed by atoms with Gasteiger partial charge in [0.2, 0.25) is 5.91 Å². The molecule has 2 rings (SSSR count). The Balaban J connectivity index is 2.22. The van der Waals surface area contributed by atoms with E-state index in [1.165, 1.54) is 0 Å². The molecule has 1 amide bonds. The normalized spacial score (nSPS) is 19.2. The molecule has 0 bridgehead atoms. The summed E-state index contributed by atoms with van der Waals surface area (Å²) in [4.78, 5) is 22.1. The smallest absolute Gasteiger partial charge is 0.304 e. The maximum absolute atomic E-state index is 11.5. The van der Waals surface area contributed by atoms with Gasteiger partial charge in [-0.3, -0.25) is 9.59 Å². The van der Waals surface area contributed by atoms with Crippen LogP contribution >= 0.6 is 0 Å². The summed E-state index contributed by atoms with van der Waals surface area (Å²) in [6, 6.07) is 7.46. The number of carboxylic acid groups (broad SMARTS) is 1. The minimum Gasteiger partial charge on any atom is -0.481 e. The van der Waals surface area contributed by atoms with E-state index in [0.29, 0.717) is 6.42 Å². The molecule has 0 unspecified atom stereocenters. The molecule has 78 valence electrons. The highest BCUT2D eigenvalue weighted by Crippen LogP contribution is 2.26. The second kappa shape index (κ2) is 3.73. The van der Waals surface area contributed by atoms with E-state index in [-0.39, 0.29) is 12.3 Å². The van der Waals surface area contributed by atoms with Crippen LogP contribution in [0.15, 0.2) is 24.3 Å². The lowest BCUT2D eigenvalue weighted by atomic mass is 9.91. The average Bonchev–Trinajstić information content (AvgIpc) is 2.18. The number of anilines is 1. The Kier molecular flexibility index (Phi) is 2.41. The average molecular weight is 205 g/mol. The van der Waals surface area contributed by atoms with Gasteiger partial charge in [0.1, 0.15) is 0 Å². The topological polar surface area (TPSA) is 66.4 Å². The summed E-state index contributed by atoms with van der Waals surface area (Å²) in [6.07, 6.45) is 0.397. The Labute approximate surface area is 86.9 Å². The number of rotatable bonds is 2. The van der Waals surface area contributed by atoms with Crippen molar-refractivity contribution >= 4 is 17.6 Å². The highest BCUT2D eigenvalue weighted by atomic mass is 16.4. The summed E-state index contributed by atoms with van der Waals surface area (Å²) in [7, 11) is 0. The van der Waals surface area contributed by atoms with E-state index in [1.807, 2.05) is 24.3 Å². The van der Waals surface area contributed by atoms with Crippen LogP contribution in [-0.4, -0.2) is 17.0 Å². The molecular formula is C11H11NO3. The second-order valence-electron chi connectivity index (χ2n) is 3.65. The summed E-state index contributed by atoms with van der Waals surface area (Å²) in [5.41, 5.74) is 1.80. The van der Waals surface area contributed by atoms with Crippen molar-refractivity contribution in [3.63, 3.8) is 0 Å². The monoisotopic (exact) mass is 205 g/mol. The Morgan fingerprint density at radius 1 is 1.47 bits per heavy atom. The molecule has 0 saturated heterocycles. The first-order valence-electron chi connectivity index (χ1n) is 4.77. The van der Waals surface area contributed by atoms with Gasteiger partial charge in [-0.25, -0.2) is 0 Å². The van der Waals surface area contributed by atoms with Crippen LogP contribution in [0.3, 0.4) is 0 Å². The van der Waals surface area contributed by atoms with Crippen molar-refractivity contribution in [3.05, 3.63) is 29.8 Å². The third-order valence-corrected chi connectivity index (χ3v) is 2.53. The zero-order valence-corrected chi connectivity index (χ0v) is 8.06. The molecule has 4 heteroatoms. The maximum atomic E-state index is 11.5. The largest absolute Gasteiger partial charge is 0.481 e. The van der Waals surface area contributed by atoms with Crippen LogP contribution < -0.4 is 5.32 Å². The van der Waals surface area contributed by atoms with Gasteiger partial charge in [0.15, 0.2) is 0 Å². The number of benzene rings is 1. The highest BCUT2D eigenvalue weighted by Gasteiger charge is 2.27. The fraction of sp³-hybridized carbons (Fsp3) is 0.273. The Hall–Kier alpha value is -1.84. The van der Waals surface area contributed by atoms with Crippen molar-refractivity contribution in [2.45, 2.75) is 12.8 Å². The van der Waals surface area contributed by atoms with Gasteiger partial charge in [-0.05, 0) is 18.1 Å². The van der Waals surface area contributed by atoms with Crippen LogP contribution in [0.5, 0.6) is 0 Å². The number of para-hydroxylation sites is 1. The van der Waals surface area contributed by atoms with Crippen LogP contribution in [0.2, 0.25) is 0 Å². The van der Waals surface area contributed by atoms with Gasteiger partial charge in [0.25, 0.3) is 0 Å². The van der Waals surface area contributed by atoms with E-state index in [4.69, 9.17) is 5.11 Å². The van der Waals surface area contributed by atoms with E-state index in [9.17, 15) is 9.59 Å². The lowest BCUT2D eigenvalue weighted by molar-refractivity contribution is -0.140. The third-order valence-electron chi connectivity index (χ3n) is 2.53. The first-order chi connectivity index (χ1) is 7.16. The maximum Gasteiger partial charge on any atom is 0.304 e. The fourth-order valence-electron chi connectivity index (χ4n) is 1.79. The zero-order chi connectivity index (χ0) is 10.8. The van der Waals surface area contributed by atoms with Crippen LogP contribution in [0.1, 0.15) is 12.0 Å². The molecule has 15 heavy (non-hydrogen) atoms. The molecule has 2 N–H and O–H groups in total. The molecule has 0 fully saturated rings. The molecule has 0 radical (unpaired) electrons. The van der Waals surface area contributed by atoms with Gasteiger partial charge in [-0.2, -0.15) is 0 Å². The van der Waals surface area contributed by atoms with Crippen molar-refractivity contribution in [3.8, 4) is 0 Å². The van der Waals surface area contributed by atoms with E-state index in [2.05, 4.69) is 5.32 Å². The molecule has 1 heterocycles. The predicted molar refractivity (Wildman–Crippen MR) is 54.5 cm³/mol. The summed E-state index contributed by atoms with van der Waals surface area (Å²) in [5.74, 6) is -1.58. The Morgan fingerprint density at radius 2 is 2.20 bits per heavy atom. The Bertz CT molecular complexity index is 414. The van der Waals surface area contributed by atoms with Gasteiger partial charge in [0, 0.05) is 5.69 Å². The molecular weight excluding hydrogens is 194 g/mol. The molecule has 0 aromatic heterocycles. The molecule has 1 aliphatic rings. The van der Waals surface area contributed by atoms with Crippen molar-refractivity contribution in [2.24, 2.45) is 5.92 Å². The summed E-state index contributed by atoms with van der Waals surface area (Å²) in [5, 5.41) is 11.4. The van der Waals surface area contributed by atoms with Gasteiger partial charge in [0.05, 0.1) is 12.3 Å². The highest BCUT2D eigenvalue weighted by molar-refractivity contribution is 5.97. The summed E-state index contributed by atoms with van der Waals surface area (Å²) in [6.45, 7) is 0. The zero-order valence-electron chi connectivity index (χ0n) is 8.06. The van der Waals surface area contributed by atoms with Crippen molar-refractivity contribution < 1.29 is 14.7 Å². The number of nitrogens with one attached hydrogen (secondary N) is 1. The van der Waals surface area contributed by atoms with E-state index >= 15 is 0 Å². The number of hydrogen-bond donors (Lipinski definition) is 2. The molecule has 1 atom stereocenters. The number of carbonyl (C=O) groups excluding carboxylic acids is 1. The lowest BCUT2D eigenvalue weighted by Gasteiger charge is -2.23. The fourth-order valence-corrected chi connectivity index (χ4v) is 1.79. The van der Waals surface area contributed by atoms with Crippen molar-refractivity contribution in [2.75, 3.05) is 5.32 Å². The number of aliphatic carboxylic acids is 1. The van der Waals surface area contributed by atoms with Crippen molar-refractivity contribution in [1.82, 2.24) is 0 Å². The minimum atomic E-state index is -0.936. The van der Waals surface area contributed by atoms with E-state index < -0.39 is 11.9 Å². The quantitative estimate of drug-likeness (QED) is 0.764. The van der Waals surface area contributed by atoms with Gasteiger partial charge in [-0.1, -0.05) is 18.2 Å². The number of hydrogen-bond acceptors (Lipinski definition) is 2. The predicted octanol–water partition coefficient (Wildman–Crippen LogP) is 1.27. The summed E-state index contributed by atoms with van der Waals surface area (Å²) < 4.78 is 0. The van der Waals surface area contributed by atoms with E-state index in [1.54, 1.807) is 0 Å². The van der Waals surface area contributed by atoms with E-state index in [0.717, 1.165) is 11.3 Å². The second-order valence-corrected chi connectivity index (χ2v) is 3.65. The number of carboxylic acids is 1. The minimum absolute atomic E-state index is 0.111. The van der Waals surface area contributed by atoms with Crippen molar-refractivity contribution in [1.29, 1.82) is 0 Å². The molecule has 1 aliphatic heterocycles. The Morgan fingerprint density at radius 3 is 2.93 bits per heavy atom. The molecule has 4 nitrogen and oxygen atoms in total. The number of fused-ring (bicyclic) bond motifs is 1. The first kappa shape index (κ1) is 9.71. The molecule has 0 spiro atoms. The van der Waals surface area contributed by atoms with Crippen LogP contribution in [0, 0.1) is 5.92 Å². The third kappa shape index (κ3) is 1.98. The van der Waals surface area contributed by atoms with Crippen LogP contribution in [-0.2, 0) is 16.0 Å².